The van der Waals surface area contributed by atoms with Crippen LogP contribution in [0.15, 0.2) is 24.3 Å². The molecule has 19 heavy (non-hydrogen) atoms. The Labute approximate surface area is 115 Å². The number of rotatable bonds is 6. The van der Waals surface area contributed by atoms with Crippen LogP contribution < -0.4 is 5.32 Å². The molecule has 1 aliphatic carbocycles. The van der Waals surface area contributed by atoms with E-state index < -0.39 is 0 Å². The first kappa shape index (κ1) is 13.1. The van der Waals surface area contributed by atoms with Crippen LogP contribution >= 0.6 is 0 Å². The Hall–Kier alpha value is -0.930. The van der Waals surface area contributed by atoms with Crippen LogP contribution in [0.1, 0.15) is 37.3 Å². The van der Waals surface area contributed by atoms with Crippen molar-refractivity contribution in [2.24, 2.45) is 5.92 Å². The van der Waals surface area contributed by atoms with Gasteiger partial charge in [0.15, 0.2) is 0 Å². The van der Waals surface area contributed by atoms with Gasteiger partial charge in [0.2, 0.25) is 0 Å². The van der Waals surface area contributed by atoms with Crippen LogP contribution in [0.5, 0.6) is 0 Å². The molecular weight excluding hydrogens is 239 g/mol. The minimum atomic E-state index is -0.143. The van der Waals surface area contributed by atoms with E-state index in [9.17, 15) is 4.39 Å². The lowest BCUT2D eigenvalue weighted by Gasteiger charge is -2.21. The molecule has 1 saturated carbocycles. The largest absolute Gasteiger partial charge is 0.308 e. The van der Waals surface area contributed by atoms with E-state index in [4.69, 9.17) is 0 Å². The summed E-state index contributed by atoms with van der Waals surface area (Å²) in [5.41, 5.74) is 1.24. The topological polar surface area (TPSA) is 15.3 Å². The molecule has 0 bridgehead atoms. The summed E-state index contributed by atoms with van der Waals surface area (Å²) in [5.74, 6) is 0.611. The fourth-order valence-electron chi connectivity index (χ4n) is 3.04. The molecule has 1 aromatic rings. The number of hydrogen-bond donors (Lipinski definition) is 1. The van der Waals surface area contributed by atoms with E-state index in [1.807, 2.05) is 12.1 Å². The van der Waals surface area contributed by atoms with Gasteiger partial charge >= 0.3 is 0 Å². The highest BCUT2D eigenvalue weighted by Crippen LogP contribution is 2.40. The van der Waals surface area contributed by atoms with Crippen LogP contribution in [0.3, 0.4) is 0 Å². The van der Waals surface area contributed by atoms with E-state index in [0.29, 0.717) is 6.04 Å². The average molecular weight is 262 g/mol. The highest BCUT2D eigenvalue weighted by atomic mass is 19.1. The quantitative estimate of drug-likeness (QED) is 0.848. The van der Waals surface area contributed by atoms with Crippen LogP contribution in [0.25, 0.3) is 0 Å². The first-order valence-corrected chi connectivity index (χ1v) is 7.54. The van der Waals surface area contributed by atoms with E-state index in [2.05, 4.69) is 10.2 Å². The third-order valence-electron chi connectivity index (χ3n) is 4.31. The third-order valence-corrected chi connectivity index (χ3v) is 4.31. The number of hydrogen-bond acceptors (Lipinski definition) is 2. The van der Waals surface area contributed by atoms with Gasteiger partial charge in [-0.2, -0.15) is 0 Å². The summed E-state index contributed by atoms with van der Waals surface area (Å²) in [7, 11) is 0. The predicted molar refractivity (Wildman–Crippen MR) is 75.5 cm³/mol. The van der Waals surface area contributed by atoms with E-state index in [-0.39, 0.29) is 5.82 Å². The van der Waals surface area contributed by atoms with Gasteiger partial charge in [-0.1, -0.05) is 12.1 Å². The van der Waals surface area contributed by atoms with Gasteiger partial charge in [0.05, 0.1) is 0 Å². The second kappa shape index (κ2) is 6.02. The molecule has 0 amide bonds. The van der Waals surface area contributed by atoms with E-state index in [1.165, 1.54) is 44.3 Å². The smallest absolute Gasteiger partial charge is 0.123 e. The lowest BCUT2D eigenvalue weighted by Crippen LogP contribution is -2.33. The van der Waals surface area contributed by atoms with Crippen LogP contribution in [0, 0.1) is 11.7 Å². The Morgan fingerprint density at radius 3 is 2.47 bits per heavy atom. The maximum absolute atomic E-state index is 13.0. The molecule has 0 spiro atoms. The highest BCUT2D eigenvalue weighted by molar-refractivity contribution is 5.22. The third kappa shape index (κ3) is 3.54. The summed E-state index contributed by atoms with van der Waals surface area (Å²) in [4.78, 5) is 2.53. The molecule has 1 aromatic carbocycles. The average Bonchev–Trinajstić information content (AvgIpc) is 3.13. The van der Waals surface area contributed by atoms with Crippen LogP contribution in [-0.4, -0.2) is 31.1 Å². The molecule has 1 unspecified atom stereocenters. The van der Waals surface area contributed by atoms with Gasteiger partial charge in [0.25, 0.3) is 0 Å². The van der Waals surface area contributed by atoms with Gasteiger partial charge in [-0.3, -0.25) is 0 Å². The second-order valence-corrected chi connectivity index (χ2v) is 5.87. The van der Waals surface area contributed by atoms with Crippen molar-refractivity contribution in [1.29, 1.82) is 0 Å². The van der Waals surface area contributed by atoms with Crippen molar-refractivity contribution < 1.29 is 4.39 Å². The van der Waals surface area contributed by atoms with E-state index >= 15 is 0 Å². The lowest BCUT2D eigenvalue weighted by molar-refractivity contribution is 0.323. The summed E-state index contributed by atoms with van der Waals surface area (Å²) >= 11 is 0. The summed E-state index contributed by atoms with van der Waals surface area (Å²) in [6.45, 7) is 4.70. The first-order valence-electron chi connectivity index (χ1n) is 7.54. The minimum absolute atomic E-state index is 0.143. The maximum Gasteiger partial charge on any atom is 0.123 e. The molecule has 1 aliphatic heterocycles. The summed E-state index contributed by atoms with van der Waals surface area (Å²) in [6.07, 6.45) is 5.31. The number of nitrogens with zero attached hydrogens (tertiary/aromatic N) is 1. The Kier molecular flexibility index (Phi) is 4.14. The molecule has 1 atom stereocenters. The van der Waals surface area contributed by atoms with Gasteiger partial charge in [-0.25, -0.2) is 4.39 Å². The number of benzene rings is 1. The van der Waals surface area contributed by atoms with Crippen molar-refractivity contribution in [3.05, 3.63) is 35.6 Å². The molecule has 3 rings (SSSR count). The van der Waals surface area contributed by atoms with Crippen molar-refractivity contribution in [3.8, 4) is 0 Å². The zero-order chi connectivity index (χ0) is 13.1. The minimum Gasteiger partial charge on any atom is -0.308 e. The van der Waals surface area contributed by atoms with Gasteiger partial charge in [0, 0.05) is 19.1 Å². The normalized spacial score (nSPS) is 21.7. The SMILES string of the molecule is Fc1ccc(C(NCCN2CCCC2)C2CC2)cc1. The van der Waals surface area contributed by atoms with Gasteiger partial charge < -0.3 is 10.2 Å². The van der Waals surface area contributed by atoms with Gasteiger partial charge in [-0.15, -0.1) is 0 Å². The fourth-order valence-corrected chi connectivity index (χ4v) is 3.04. The Balaban J connectivity index is 1.53. The number of likely N-dealkylation sites (tertiary alicyclic amines) is 1. The molecule has 1 heterocycles. The molecule has 2 fully saturated rings. The highest BCUT2D eigenvalue weighted by Gasteiger charge is 2.31. The molecule has 2 aliphatic rings. The van der Waals surface area contributed by atoms with Crippen LogP contribution in [0.2, 0.25) is 0 Å². The second-order valence-electron chi connectivity index (χ2n) is 5.87. The monoisotopic (exact) mass is 262 g/mol. The molecule has 2 nitrogen and oxygen atoms in total. The molecule has 1 N–H and O–H groups in total. The fraction of sp³-hybridized carbons (Fsp3) is 0.625. The maximum atomic E-state index is 13.0. The van der Waals surface area contributed by atoms with Gasteiger partial charge in [0.1, 0.15) is 5.82 Å². The van der Waals surface area contributed by atoms with Crippen molar-refractivity contribution in [2.45, 2.75) is 31.7 Å². The molecular formula is C16H23FN2. The summed E-state index contributed by atoms with van der Waals surface area (Å²) in [5, 5.41) is 3.68. The van der Waals surface area contributed by atoms with E-state index in [0.717, 1.165) is 19.0 Å². The molecule has 1 saturated heterocycles. The predicted octanol–water partition coefficient (Wildman–Crippen LogP) is 2.96. The van der Waals surface area contributed by atoms with Crippen LogP contribution in [-0.2, 0) is 0 Å². The summed E-state index contributed by atoms with van der Waals surface area (Å²) < 4.78 is 13.0. The molecule has 3 heteroatoms. The summed E-state index contributed by atoms with van der Waals surface area (Å²) in [6, 6.07) is 7.44. The standard InChI is InChI=1S/C16H23FN2/c17-15-7-5-14(6-8-15)16(13-3-4-13)18-9-12-19-10-1-2-11-19/h5-8,13,16,18H,1-4,9-12H2. The van der Waals surface area contributed by atoms with E-state index in [1.54, 1.807) is 12.1 Å². The zero-order valence-electron chi connectivity index (χ0n) is 11.4. The van der Waals surface area contributed by atoms with Crippen molar-refractivity contribution >= 4 is 0 Å². The van der Waals surface area contributed by atoms with Crippen molar-refractivity contribution in [1.82, 2.24) is 10.2 Å². The Morgan fingerprint density at radius 1 is 1.16 bits per heavy atom. The first-order chi connectivity index (χ1) is 9.33. The number of halogens is 1. The Morgan fingerprint density at radius 2 is 1.84 bits per heavy atom. The van der Waals surface area contributed by atoms with Crippen molar-refractivity contribution in [3.63, 3.8) is 0 Å². The van der Waals surface area contributed by atoms with Crippen molar-refractivity contribution in [2.75, 3.05) is 26.2 Å². The van der Waals surface area contributed by atoms with Gasteiger partial charge in [-0.05, 0) is 62.4 Å². The molecule has 0 radical (unpaired) electrons. The zero-order valence-corrected chi connectivity index (χ0v) is 11.4. The molecule has 0 aromatic heterocycles. The molecule has 104 valence electrons. The Bertz CT molecular complexity index is 394. The number of nitrogens with one attached hydrogen (secondary N) is 1. The lowest BCUT2D eigenvalue weighted by atomic mass is 10.0. The van der Waals surface area contributed by atoms with Crippen LogP contribution in [0.4, 0.5) is 4.39 Å².